The van der Waals surface area contributed by atoms with Gasteiger partial charge in [-0.3, -0.25) is 5.10 Å². The lowest BCUT2D eigenvalue weighted by molar-refractivity contribution is 0.328. The number of aromatic nitrogens is 2. The first-order valence-corrected chi connectivity index (χ1v) is 11.3. The topological polar surface area (TPSA) is 63.9 Å². The van der Waals surface area contributed by atoms with Gasteiger partial charge in [-0.15, -0.1) is 0 Å². The van der Waals surface area contributed by atoms with Crippen LogP contribution in [0, 0.1) is 0 Å². The summed E-state index contributed by atoms with van der Waals surface area (Å²) in [5.41, 5.74) is 14.3. The summed E-state index contributed by atoms with van der Waals surface area (Å²) in [6.45, 7) is 7.77. The van der Waals surface area contributed by atoms with Gasteiger partial charge in [-0.25, -0.2) is 0 Å². The largest absolute Gasteiger partial charge is 0.492 e. The zero-order valence-electron chi connectivity index (χ0n) is 19.1. The number of ether oxygens (including phenoxy) is 1. The molecule has 1 aromatic heterocycles. The van der Waals surface area contributed by atoms with Crippen LogP contribution in [0.15, 0.2) is 72.9 Å². The number of nitrogens with one attached hydrogen (secondary N) is 1. The quantitative estimate of drug-likeness (QED) is 0.321. The molecule has 4 nitrogen and oxygen atoms in total. The minimum atomic E-state index is 0.442. The van der Waals surface area contributed by atoms with E-state index in [0.29, 0.717) is 19.1 Å². The summed E-state index contributed by atoms with van der Waals surface area (Å²) in [5.74, 6) is 1.28. The van der Waals surface area contributed by atoms with Crippen LogP contribution in [0.2, 0.25) is 0 Å². The van der Waals surface area contributed by atoms with E-state index in [1.165, 1.54) is 33.4 Å². The molecule has 164 valence electrons. The van der Waals surface area contributed by atoms with Gasteiger partial charge in [0.2, 0.25) is 0 Å². The minimum Gasteiger partial charge on any atom is -0.492 e. The van der Waals surface area contributed by atoms with Gasteiger partial charge in [-0.2, -0.15) is 5.10 Å². The van der Waals surface area contributed by atoms with Crippen LogP contribution in [0.4, 0.5) is 0 Å². The number of nitrogens with zero attached hydrogens (tertiary/aromatic N) is 1. The molecule has 32 heavy (non-hydrogen) atoms. The Morgan fingerprint density at radius 2 is 1.75 bits per heavy atom. The van der Waals surface area contributed by atoms with Crippen molar-refractivity contribution < 1.29 is 4.74 Å². The number of allylic oxidation sites excluding steroid dienone is 1. The van der Waals surface area contributed by atoms with Gasteiger partial charge in [-0.05, 0) is 70.0 Å². The van der Waals surface area contributed by atoms with E-state index in [1.54, 1.807) is 0 Å². The lowest BCUT2D eigenvalue weighted by Crippen LogP contribution is -2.10. The lowest BCUT2D eigenvalue weighted by atomic mass is 9.84. The number of hydrogen-bond donors (Lipinski definition) is 2. The SMILES string of the molecule is CCC(=C(c1ccc(OCCN)cc1)c1ccc2[nH]ncc2c1)c1ccccc1C(C)C. The average molecular weight is 426 g/mol. The Morgan fingerprint density at radius 1 is 1.00 bits per heavy atom. The van der Waals surface area contributed by atoms with Gasteiger partial charge in [-0.1, -0.05) is 63.2 Å². The second kappa shape index (κ2) is 9.84. The summed E-state index contributed by atoms with van der Waals surface area (Å²) in [7, 11) is 0. The van der Waals surface area contributed by atoms with Crippen molar-refractivity contribution in [3.63, 3.8) is 0 Å². The Bertz CT molecular complexity index is 1220. The fourth-order valence-electron chi connectivity index (χ4n) is 4.29. The first-order chi connectivity index (χ1) is 15.6. The number of H-pyrrole nitrogens is 1. The zero-order chi connectivity index (χ0) is 22.5. The van der Waals surface area contributed by atoms with E-state index in [1.807, 2.05) is 18.3 Å². The Labute approximate surface area is 190 Å². The van der Waals surface area contributed by atoms with Crippen molar-refractivity contribution >= 4 is 22.0 Å². The van der Waals surface area contributed by atoms with Gasteiger partial charge in [0.1, 0.15) is 12.4 Å². The average Bonchev–Trinajstić information content (AvgIpc) is 3.29. The zero-order valence-corrected chi connectivity index (χ0v) is 19.1. The Kier molecular flexibility index (Phi) is 6.72. The van der Waals surface area contributed by atoms with Crippen molar-refractivity contribution in [2.75, 3.05) is 13.2 Å². The fourth-order valence-corrected chi connectivity index (χ4v) is 4.29. The molecule has 0 saturated heterocycles. The summed E-state index contributed by atoms with van der Waals surface area (Å²) >= 11 is 0. The molecule has 4 aromatic rings. The van der Waals surface area contributed by atoms with Crippen LogP contribution in [-0.4, -0.2) is 23.3 Å². The van der Waals surface area contributed by atoms with E-state index in [-0.39, 0.29) is 0 Å². The molecular formula is C28H31N3O. The highest BCUT2D eigenvalue weighted by Crippen LogP contribution is 2.38. The highest BCUT2D eigenvalue weighted by molar-refractivity contribution is 6.01. The van der Waals surface area contributed by atoms with E-state index < -0.39 is 0 Å². The second-order valence-electron chi connectivity index (χ2n) is 8.28. The molecule has 0 unspecified atom stereocenters. The monoisotopic (exact) mass is 425 g/mol. The molecule has 4 rings (SSSR count). The van der Waals surface area contributed by atoms with Gasteiger partial charge in [0, 0.05) is 11.9 Å². The maximum Gasteiger partial charge on any atom is 0.119 e. The molecule has 0 aliphatic rings. The second-order valence-corrected chi connectivity index (χ2v) is 8.28. The van der Waals surface area contributed by atoms with Crippen molar-refractivity contribution in [2.24, 2.45) is 5.73 Å². The molecule has 0 radical (unpaired) electrons. The number of benzene rings is 3. The fraction of sp³-hybridized carbons (Fsp3) is 0.250. The molecule has 0 atom stereocenters. The predicted octanol–water partition coefficient (Wildman–Crippen LogP) is 6.39. The summed E-state index contributed by atoms with van der Waals surface area (Å²) in [4.78, 5) is 0. The number of aromatic amines is 1. The van der Waals surface area contributed by atoms with Gasteiger partial charge < -0.3 is 10.5 Å². The molecule has 4 heteroatoms. The molecule has 0 bridgehead atoms. The van der Waals surface area contributed by atoms with E-state index in [2.05, 4.69) is 85.6 Å². The molecule has 0 aliphatic heterocycles. The van der Waals surface area contributed by atoms with Crippen LogP contribution in [0.3, 0.4) is 0 Å². The Morgan fingerprint density at radius 3 is 2.47 bits per heavy atom. The number of hydrogen-bond acceptors (Lipinski definition) is 3. The smallest absolute Gasteiger partial charge is 0.119 e. The molecule has 0 fully saturated rings. The van der Waals surface area contributed by atoms with Crippen molar-refractivity contribution in [1.82, 2.24) is 10.2 Å². The van der Waals surface area contributed by atoms with Crippen molar-refractivity contribution in [2.45, 2.75) is 33.1 Å². The third kappa shape index (κ3) is 4.46. The first-order valence-electron chi connectivity index (χ1n) is 11.3. The molecule has 0 saturated carbocycles. The lowest BCUT2D eigenvalue weighted by Gasteiger charge is -2.20. The first kappa shape index (κ1) is 21.8. The van der Waals surface area contributed by atoms with Gasteiger partial charge >= 0.3 is 0 Å². The number of nitrogens with two attached hydrogens (primary N) is 1. The van der Waals surface area contributed by atoms with E-state index >= 15 is 0 Å². The van der Waals surface area contributed by atoms with Crippen LogP contribution < -0.4 is 10.5 Å². The maximum absolute atomic E-state index is 5.71. The van der Waals surface area contributed by atoms with Gasteiger partial charge in [0.15, 0.2) is 0 Å². The normalized spacial score (nSPS) is 12.3. The maximum atomic E-state index is 5.71. The minimum absolute atomic E-state index is 0.442. The standard InChI is InChI=1S/C28H31N3O/c1-4-24(26-8-6-5-7-25(26)19(2)3)28(20-9-12-23(13-10-20)32-16-15-29)21-11-14-27-22(17-21)18-30-31-27/h5-14,17-19H,4,15-16,29H2,1-3H3,(H,30,31). The van der Waals surface area contributed by atoms with Crippen LogP contribution in [-0.2, 0) is 0 Å². The molecular weight excluding hydrogens is 394 g/mol. The molecule has 1 heterocycles. The summed E-state index contributed by atoms with van der Waals surface area (Å²) in [6.07, 6.45) is 2.81. The molecule has 0 spiro atoms. The molecule has 0 amide bonds. The van der Waals surface area contributed by atoms with Crippen LogP contribution in [0.1, 0.15) is 55.4 Å². The Hall–Kier alpha value is -3.37. The van der Waals surface area contributed by atoms with E-state index in [9.17, 15) is 0 Å². The molecule has 0 aliphatic carbocycles. The van der Waals surface area contributed by atoms with Crippen molar-refractivity contribution in [3.8, 4) is 5.75 Å². The van der Waals surface area contributed by atoms with Gasteiger partial charge in [0.05, 0.1) is 11.7 Å². The Balaban J connectivity index is 1.94. The summed E-state index contributed by atoms with van der Waals surface area (Å²) in [6, 6.07) is 23.6. The summed E-state index contributed by atoms with van der Waals surface area (Å²) in [5, 5.41) is 8.37. The van der Waals surface area contributed by atoms with Crippen LogP contribution >= 0.6 is 0 Å². The van der Waals surface area contributed by atoms with Crippen molar-refractivity contribution in [3.05, 3.63) is 95.2 Å². The number of rotatable bonds is 8. The van der Waals surface area contributed by atoms with E-state index in [0.717, 1.165) is 23.1 Å². The van der Waals surface area contributed by atoms with E-state index in [4.69, 9.17) is 10.5 Å². The highest BCUT2D eigenvalue weighted by Gasteiger charge is 2.17. The predicted molar refractivity (Wildman–Crippen MR) is 134 cm³/mol. The third-order valence-corrected chi connectivity index (χ3v) is 5.82. The summed E-state index contributed by atoms with van der Waals surface area (Å²) < 4.78 is 5.71. The van der Waals surface area contributed by atoms with Gasteiger partial charge in [0.25, 0.3) is 0 Å². The van der Waals surface area contributed by atoms with Crippen LogP contribution in [0.5, 0.6) is 5.75 Å². The number of fused-ring (bicyclic) bond motifs is 1. The van der Waals surface area contributed by atoms with Crippen molar-refractivity contribution in [1.29, 1.82) is 0 Å². The molecule has 3 N–H and O–H groups in total. The third-order valence-electron chi connectivity index (χ3n) is 5.82. The highest BCUT2D eigenvalue weighted by atomic mass is 16.5. The van der Waals surface area contributed by atoms with Crippen LogP contribution in [0.25, 0.3) is 22.0 Å². The molecule has 3 aromatic carbocycles.